The van der Waals surface area contributed by atoms with E-state index in [0.717, 1.165) is 11.8 Å². The van der Waals surface area contributed by atoms with Crippen molar-refractivity contribution >= 4 is 0 Å². The lowest BCUT2D eigenvalue weighted by Crippen LogP contribution is -2.45. The third-order valence-electron chi connectivity index (χ3n) is 4.97. The lowest BCUT2D eigenvalue weighted by Gasteiger charge is -2.43. The van der Waals surface area contributed by atoms with Crippen LogP contribution in [0.25, 0.3) is 0 Å². The molecule has 14 heavy (non-hydrogen) atoms. The van der Waals surface area contributed by atoms with Crippen molar-refractivity contribution in [1.82, 2.24) is 5.32 Å². The molecule has 1 aliphatic heterocycles. The second-order valence-electron chi connectivity index (χ2n) is 6.31. The van der Waals surface area contributed by atoms with Gasteiger partial charge in [0.2, 0.25) is 0 Å². The van der Waals surface area contributed by atoms with Gasteiger partial charge in [-0.15, -0.1) is 0 Å². The van der Waals surface area contributed by atoms with Gasteiger partial charge in [-0.1, -0.05) is 34.1 Å². The van der Waals surface area contributed by atoms with Crippen molar-refractivity contribution in [3.63, 3.8) is 0 Å². The highest BCUT2D eigenvalue weighted by molar-refractivity contribution is 5.07. The molecule has 3 atom stereocenters. The summed E-state index contributed by atoms with van der Waals surface area (Å²) >= 11 is 0. The molecule has 1 nitrogen and oxygen atoms in total. The highest BCUT2D eigenvalue weighted by Crippen LogP contribution is 2.64. The van der Waals surface area contributed by atoms with E-state index in [9.17, 15) is 0 Å². The zero-order chi connectivity index (χ0) is 10.4. The minimum Gasteiger partial charge on any atom is -0.316 e. The molecule has 1 N–H and O–H groups in total. The average molecular weight is 195 g/mol. The van der Waals surface area contributed by atoms with Crippen LogP contribution >= 0.6 is 0 Å². The highest BCUT2D eigenvalue weighted by atomic mass is 14.9. The molecule has 1 heterocycles. The Kier molecular flexibility index (Phi) is 2.42. The fraction of sp³-hybridized carbons (Fsp3) is 1.00. The summed E-state index contributed by atoms with van der Waals surface area (Å²) in [4.78, 5) is 0. The quantitative estimate of drug-likeness (QED) is 0.714. The summed E-state index contributed by atoms with van der Waals surface area (Å²) in [5.74, 6) is 1.89. The van der Waals surface area contributed by atoms with Gasteiger partial charge in [0.1, 0.15) is 0 Å². The van der Waals surface area contributed by atoms with Crippen molar-refractivity contribution in [2.45, 2.75) is 47.0 Å². The summed E-state index contributed by atoms with van der Waals surface area (Å²) in [5.41, 5.74) is 1.27. The van der Waals surface area contributed by atoms with Gasteiger partial charge in [0.05, 0.1) is 0 Å². The van der Waals surface area contributed by atoms with Crippen LogP contribution in [0.15, 0.2) is 0 Å². The number of hydrogen-bond acceptors (Lipinski definition) is 1. The molecule has 1 heteroatoms. The minimum atomic E-state index is 0.628. The Morgan fingerprint density at radius 1 is 1.29 bits per heavy atom. The average Bonchev–Trinajstić information content (AvgIpc) is 2.77. The molecule has 1 aliphatic carbocycles. The molecule has 0 radical (unpaired) electrons. The van der Waals surface area contributed by atoms with Crippen LogP contribution in [0.5, 0.6) is 0 Å². The molecule has 0 aromatic rings. The normalized spacial score (nSPS) is 46.3. The van der Waals surface area contributed by atoms with E-state index in [2.05, 4.69) is 33.0 Å². The van der Waals surface area contributed by atoms with Gasteiger partial charge in [-0.2, -0.15) is 0 Å². The van der Waals surface area contributed by atoms with Crippen LogP contribution in [0.3, 0.4) is 0 Å². The summed E-state index contributed by atoms with van der Waals surface area (Å²) in [5, 5.41) is 3.55. The van der Waals surface area contributed by atoms with Crippen LogP contribution in [-0.2, 0) is 0 Å². The topological polar surface area (TPSA) is 12.0 Å². The summed E-state index contributed by atoms with van der Waals surface area (Å²) < 4.78 is 0. The zero-order valence-electron chi connectivity index (χ0n) is 10.2. The molecular weight excluding hydrogens is 170 g/mol. The van der Waals surface area contributed by atoms with E-state index in [1.165, 1.54) is 32.4 Å². The summed E-state index contributed by atoms with van der Waals surface area (Å²) in [6, 6.07) is 0. The van der Waals surface area contributed by atoms with Gasteiger partial charge in [0, 0.05) is 0 Å². The van der Waals surface area contributed by atoms with E-state index in [0.29, 0.717) is 10.8 Å². The van der Waals surface area contributed by atoms with E-state index in [1.54, 1.807) is 0 Å². The molecule has 3 unspecified atom stereocenters. The van der Waals surface area contributed by atoms with Crippen molar-refractivity contribution in [3.8, 4) is 0 Å². The highest BCUT2D eigenvalue weighted by Gasteiger charge is 2.57. The van der Waals surface area contributed by atoms with E-state index in [4.69, 9.17) is 0 Å². The van der Waals surface area contributed by atoms with Crippen molar-refractivity contribution in [2.75, 3.05) is 13.1 Å². The first kappa shape index (κ1) is 10.5. The van der Waals surface area contributed by atoms with Crippen molar-refractivity contribution in [2.24, 2.45) is 22.7 Å². The fourth-order valence-corrected chi connectivity index (χ4v) is 3.73. The first-order valence-electron chi connectivity index (χ1n) is 6.21. The molecule has 0 spiro atoms. The third kappa shape index (κ3) is 1.50. The molecule has 0 aromatic carbocycles. The predicted molar refractivity (Wildman–Crippen MR) is 61.3 cm³/mol. The Morgan fingerprint density at radius 2 is 1.93 bits per heavy atom. The Balaban J connectivity index is 2.12. The maximum Gasteiger partial charge on any atom is -0.00153 e. The second kappa shape index (κ2) is 3.23. The Labute approximate surface area is 88.7 Å². The van der Waals surface area contributed by atoms with Gasteiger partial charge in [0.15, 0.2) is 0 Å². The van der Waals surface area contributed by atoms with Crippen molar-refractivity contribution in [1.29, 1.82) is 0 Å². The Hall–Kier alpha value is -0.0400. The molecule has 0 bridgehead atoms. The predicted octanol–water partition coefficient (Wildman–Crippen LogP) is 3.06. The van der Waals surface area contributed by atoms with Crippen LogP contribution in [0.1, 0.15) is 47.0 Å². The van der Waals surface area contributed by atoms with Gasteiger partial charge in [0.25, 0.3) is 0 Å². The molecule has 1 saturated heterocycles. The Bertz CT molecular complexity index is 217. The SMILES string of the molecule is CCC1CNCCC1(C)C1CC1(C)C. The van der Waals surface area contributed by atoms with E-state index in [-0.39, 0.29) is 0 Å². The second-order valence-corrected chi connectivity index (χ2v) is 6.31. The minimum absolute atomic E-state index is 0.628. The molecular formula is C13H25N. The first-order valence-corrected chi connectivity index (χ1v) is 6.21. The molecule has 82 valence electrons. The van der Waals surface area contributed by atoms with Gasteiger partial charge in [-0.05, 0) is 48.6 Å². The molecule has 1 saturated carbocycles. The number of rotatable bonds is 2. The summed E-state index contributed by atoms with van der Waals surface area (Å²) in [6.45, 7) is 12.3. The number of hydrogen-bond donors (Lipinski definition) is 1. The third-order valence-corrected chi connectivity index (χ3v) is 4.97. The number of nitrogens with one attached hydrogen (secondary N) is 1. The van der Waals surface area contributed by atoms with Gasteiger partial charge < -0.3 is 5.32 Å². The molecule has 0 amide bonds. The smallest absolute Gasteiger partial charge is 0.00153 e. The van der Waals surface area contributed by atoms with E-state index < -0.39 is 0 Å². The largest absolute Gasteiger partial charge is 0.316 e. The van der Waals surface area contributed by atoms with Gasteiger partial charge in [-0.25, -0.2) is 0 Å². The fourth-order valence-electron chi connectivity index (χ4n) is 3.73. The monoisotopic (exact) mass is 195 g/mol. The van der Waals surface area contributed by atoms with E-state index in [1.807, 2.05) is 0 Å². The Morgan fingerprint density at radius 3 is 2.43 bits per heavy atom. The zero-order valence-corrected chi connectivity index (χ0v) is 10.2. The molecule has 2 rings (SSSR count). The lowest BCUT2D eigenvalue weighted by molar-refractivity contribution is 0.0827. The standard InChI is InChI=1S/C13H25N/c1-5-10-9-14-7-6-13(10,4)11-8-12(11,2)3/h10-11,14H,5-9H2,1-4H3. The van der Waals surface area contributed by atoms with E-state index >= 15 is 0 Å². The van der Waals surface area contributed by atoms with Crippen LogP contribution in [0.4, 0.5) is 0 Å². The lowest BCUT2D eigenvalue weighted by atomic mass is 9.66. The molecule has 2 aliphatic rings. The van der Waals surface area contributed by atoms with Gasteiger partial charge >= 0.3 is 0 Å². The summed E-state index contributed by atoms with van der Waals surface area (Å²) in [6.07, 6.45) is 4.19. The van der Waals surface area contributed by atoms with Crippen LogP contribution in [0, 0.1) is 22.7 Å². The van der Waals surface area contributed by atoms with Crippen molar-refractivity contribution in [3.05, 3.63) is 0 Å². The van der Waals surface area contributed by atoms with Crippen LogP contribution in [-0.4, -0.2) is 13.1 Å². The van der Waals surface area contributed by atoms with Crippen LogP contribution in [0.2, 0.25) is 0 Å². The maximum atomic E-state index is 3.55. The van der Waals surface area contributed by atoms with Gasteiger partial charge in [-0.3, -0.25) is 0 Å². The number of piperidine rings is 1. The van der Waals surface area contributed by atoms with Crippen LogP contribution < -0.4 is 5.32 Å². The molecule has 0 aromatic heterocycles. The summed E-state index contributed by atoms with van der Waals surface area (Å²) in [7, 11) is 0. The first-order chi connectivity index (χ1) is 6.50. The maximum absolute atomic E-state index is 3.55. The molecule has 2 fully saturated rings. The van der Waals surface area contributed by atoms with Crippen molar-refractivity contribution < 1.29 is 0 Å².